The molecule has 1 aromatic carbocycles. The van der Waals surface area contributed by atoms with E-state index < -0.39 is 47.9 Å². The highest BCUT2D eigenvalue weighted by Gasteiger charge is 2.38. The minimum Gasteiger partial charge on any atom is -0.480 e. The number of carbonyl (C=O) groups is 4. The quantitative estimate of drug-likeness (QED) is 0.441. The number of nitrogens with two attached hydrogens (primary N) is 1. The molecule has 3 amide bonds. The van der Waals surface area contributed by atoms with E-state index in [9.17, 15) is 24.3 Å². The molecule has 0 aromatic heterocycles. The number of benzene rings is 1. The molecule has 1 aliphatic rings. The number of carbonyl (C=O) groups excluding carboxylic acids is 3. The van der Waals surface area contributed by atoms with E-state index in [1.54, 1.807) is 20.8 Å². The van der Waals surface area contributed by atoms with Gasteiger partial charge in [-0.1, -0.05) is 44.2 Å². The van der Waals surface area contributed by atoms with Crippen LogP contribution in [-0.4, -0.2) is 64.4 Å². The first-order chi connectivity index (χ1) is 14.6. The highest BCUT2D eigenvalue weighted by Crippen LogP contribution is 2.19. The lowest BCUT2D eigenvalue weighted by Crippen LogP contribution is -2.56. The summed E-state index contributed by atoms with van der Waals surface area (Å²) in [6.07, 6.45) is 1.40. The second-order valence-electron chi connectivity index (χ2n) is 8.28. The van der Waals surface area contributed by atoms with Crippen molar-refractivity contribution in [2.45, 2.75) is 64.2 Å². The molecule has 9 heteroatoms. The van der Waals surface area contributed by atoms with Crippen molar-refractivity contribution in [1.29, 1.82) is 0 Å². The number of hydrogen-bond donors (Lipinski definition) is 4. The molecule has 2 rings (SSSR count). The van der Waals surface area contributed by atoms with Crippen molar-refractivity contribution in [2.24, 2.45) is 11.7 Å². The molecular formula is C22H32N4O5. The first kappa shape index (κ1) is 24.3. The number of amides is 3. The van der Waals surface area contributed by atoms with Gasteiger partial charge in [-0.2, -0.15) is 0 Å². The molecule has 1 fully saturated rings. The Balaban J connectivity index is 1.96. The summed E-state index contributed by atoms with van der Waals surface area (Å²) in [5.74, 6) is -2.75. The molecule has 1 heterocycles. The summed E-state index contributed by atoms with van der Waals surface area (Å²) >= 11 is 0. The molecule has 0 bridgehead atoms. The molecule has 31 heavy (non-hydrogen) atoms. The largest absolute Gasteiger partial charge is 0.480 e. The van der Waals surface area contributed by atoms with Crippen LogP contribution in [0.4, 0.5) is 0 Å². The molecule has 1 saturated heterocycles. The maximum absolute atomic E-state index is 12.9. The number of likely N-dealkylation sites (tertiary alicyclic amines) is 1. The Morgan fingerprint density at radius 1 is 1.13 bits per heavy atom. The maximum Gasteiger partial charge on any atom is 0.326 e. The van der Waals surface area contributed by atoms with E-state index in [4.69, 9.17) is 5.73 Å². The molecule has 9 nitrogen and oxygen atoms in total. The summed E-state index contributed by atoms with van der Waals surface area (Å²) in [6, 6.07) is 5.88. The SMILES string of the molecule is CC(NC(=O)C(N)Cc1ccccc1)C(=O)N1CCCC1C(=O)NC(C(=O)O)C(C)C. The zero-order chi connectivity index (χ0) is 23.1. The smallest absolute Gasteiger partial charge is 0.326 e. The van der Waals surface area contributed by atoms with Gasteiger partial charge in [0, 0.05) is 6.54 Å². The van der Waals surface area contributed by atoms with Crippen molar-refractivity contribution >= 4 is 23.7 Å². The Labute approximate surface area is 182 Å². The van der Waals surface area contributed by atoms with Gasteiger partial charge in [-0.3, -0.25) is 14.4 Å². The molecule has 0 saturated carbocycles. The third-order valence-electron chi connectivity index (χ3n) is 5.43. The van der Waals surface area contributed by atoms with E-state index >= 15 is 0 Å². The number of carboxylic acids is 1. The molecule has 5 N–H and O–H groups in total. The number of rotatable bonds is 9. The maximum atomic E-state index is 12.9. The van der Waals surface area contributed by atoms with Gasteiger partial charge in [0.1, 0.15) is 18.1 Å². The summed E-state index contributed by atoms with van der Waals surface area (Å²) in [4.78, 5) is 50.8. The monoisotopic (exact) mass is 432 g/mol. The molecule has 0 radical (unpaired) electrons. The normalized spacial score (nSPS) is 18.9. The van der Waals surface area contributed by atoms with Crippen LogP contribution in [0.1, 0.15) is 39.2 Å². The number of hydrogen-bond acceptors (Lipinski definition) is 5. The summed E-state index contributed by atoms with van der Waals surface area (Å²) in [5.41, 5.74) is 6.90. The van der Waals surface area contributed by atoms with E-state index in [2.05, 4.69) is 10.6 Å². The highest BCUT2D eigenvalue weighted by atomic mass is 16.4. The third kappa shape index (κ3) is 6.52. The summed E-state index contributed by atoms with van der Waals surface area (Å²) in [7, 11) is 0. The van der Waals surface area contributed by atoms with Gasteiger partial charge in [0.05, 0.1) is 6.04 Å². The number of nitrogens with zero attached hydrogens (tertiary/aromatic N) is 1. The summed E-state index contributed by atoms with van der Waals surface area (Å²) in [6.45, 7) is 5.32. The van der Waals surface area contributed by atoms with E-state index in [-0.39, 0.29) is 5.92 Å². The van der Waals surface area contributed by atoms with Crippen LogP contribution in [0.5, 0.6) is 0 Å². The first-order valence-corrected chi connectivity index (χ1v) is 10.5. The van der Waals surface area contributed by atoms with Gasteiger partial charge in [0.25, 0.3) is 0 Å². The molecule has 4 unspecified atom stereocenters. The van der Waals surface area contributed by atoms with Gasteiger partial charge in [0.2, 0.25) is 17.7 Å². The molecule has 1 aliphatic heterocycles. The van der Waals surface area contributed by atoms with Crippen molar-refractivity contribution < 1.29 is 24.3 Å². The molecule has 0 aliphatic carbocycles. The van der Waals surface area contributed by atoms with E-state index in [0.29, 0.717) is 25.8 Å². The van der Waals surface area contributed by atoms with Crippen LogP contribution in [-0.2, 0) is 25.6 Å². The minimum atomic E-state index is -1.12. The summed E-state index contributed by atoms with van der Waals surface area (Å²) in [5, 5.41) is 14.5. The fraction of sp³-hybridized carbons (Fsp3) is 0.545. The van der Waals surface area contributed by atoms with Gasteiger partial charge < -0.3 is 26.4 Å². The molecular weight excluding hydrogens is 400 g/mol. The van der Waals surface area contributed by atoms with Crippen molar-refractivity contribution in [1.82, 2.24) is 15.5 Å². The molecule has 1 aromatic rings. The lowest BCUT2D eigenvalue weighted by molar-refractivity contribution is -0.145. The van der Waals surface area contributed by atoms with Gasteiger partial charge >= 0.3 is 5.97 Å². The fourth-order valence-corrected chi connectivity index (χ4v) is 3.66. The predicted molar refractivity (Wildman–Crippen MR) is 115 cm³/mol. The highest BCUT2D eigenvalue weighted by molar-refractivity contribution is 5.94. The van der Waals surface area contributed by atoms with E-state index in [0.717, 1.165) is 5.56 Å². The molecule has 0 spiro atoms. The lowest BCUT2D eigenvalue weighted by atomic mass is 10.0. The van der Waals surface area contributed by atoms with Gasteiger partial charge in [-0.25, -0.2) is 4.79 Å². The number of carboxylic acid groups (broad SMARTS) is 1. The topological polar surface area (TPSA) is 142 Å². The van der Waals surface area contributed by atoms with Crippen LogP contribution in [0.25, 0.3) is 0 Å². The fourth-order valence-electron chi connectivity index (χ4n) is 3.66. The standard InChI is InChI=1S/C22H32N4O5/c1-13(2)18(22(30)31)25-20(28)17-10-7-11-26(17)21(29)14(3)24-19(27)16(23)12-15-8-5-4-6-9-15/h4-6,8-9,13-14,16-18H,7,10-12,23H2,1-3H3,(H,24,27)(H,25,28)(H,30,31). The molecule has 170 valence electrons. The van der Waals surface area contributed by atoms with Crippen LogP contribution in [0.2, 0.25) is 0 Å². The second-order valence-corrected chi connectivity index (χ2v) is 8.28. The van der Waals surface area contributed by atoms with Gasteiger partial charge in [-0.15, -0.1) is 0 Å². The van der Waals surface area contributed by atoms with Crippen LogP contribution in [0, 0.1) is 5.92 Å². The van der Waals surface area contributed by atoms with Gasteiger partial charge in [0.15, 0.2) is 0 Å². The Morgan fingerprint density at radius 2 is 1.77 bits per heavy atom. The zero-order valence-corrected chi connectivity index (χ0v) is 18.2. The van der Waals surface area contributed by atoms with Crippen molar-refractivity contribution in [2.75, 3.05) is 6.54 Å². The first-order valence-electron chi connectivity index (χ1n) is 10.5. The van der Waals surface area contributed by atoms with E-state index in [1.807, 2.05) is 30.3 Å². The Morgan fingerprint density at radius 3 is 2.35 bits per heavy atom. The average Bonchev–Trinajstić information content (AvgIpc) is 3.21. The number of aliphatic carboxylic acids is 1. The van der Waals surface area contributed by atoms with Crippen molar-refractivity contribution in [3.05, 3.63) is 35.9 Å². The second kappa shape index (κ2) is 10.9. The minimum absolute atomic E-state index is 0.295. The average molecular weight is 433 g/mol. The van der Waals surface area contributed by atoms with Crippen LogP contribution >= 0.6 is 0 Å². The lowest BCUT2D eigenvalue weighted by Gasteiger charge is -2.29. The third-order valence-corrected chi connectivity index (χ3v) is 5.43. The molecule has 4 atom stereocenters. The predicted octanol–water partition coefficient (Wildman–Crippen LogP) is 0.278. The Hall–Kier alpha value is -2.94. The van der Waals surface area contributed by atoms with Crippen LogP contribution in [0.15, 0.2) is 30.3 Å². The van der Waals surface area contributed by atoms with E-state index in [1.165, 1.54) is 4.90 Å². The number of nitrogens with one attached hydrogen (secondary N) is 2. The van der Waals surface area contributed by atoms with Crippen LogP contribution in [0.3, 0.4) is 0 Å². The Bertz CT molecular complexity index is 798. The zero-order valence-electron chi connectivity index (χ0n) is 18.2. The van der Waals surface area contributed by atoms with Gasteiger partial charge in [-0.05, 0) is 37.7 Å². The Kier molecular flexibility index (Phi) is 8.56. The summed E-state index contributed by atoms with van der Waals surface area (Å²) < 4.78 is 0. The van der Waals surface area contributed by atoms with Crippen LogP contribution < -0.4 is 16.4 Å². The van der Waals surface area contributed by atoms with Crippen molar-refractivity contribution in [3.8, 4) is 0 Å². The van der Waals surface area contributed by atoms with Crippen molar-refractivity contribution in [3.63, 3.8) is 0 Å².